The number of ether oxygens (including phenoxy) is 1. The van der Waals surface area contributed by atoms with Crippen LogP contribution in [0.2, 0.25) is 0 Å². The zero-order chi connectivity index (χ0) is 21.5. The number of tetrazole rings is 1. The van der Waals surface area contributed by atoms with Crippen LogP contribution in [0, 0.1) is 0 Å². The molecule has 8 heteroatoms. The van der Waals surface area contributed by atoms with Gasteiger partial charge < -0.3 is 10.1 Å². The number of esters is 1. The Labute approximate surface area is 175 Å². The van der Waals surface area contributed by atoms with E-state index in [0.717, 1.165) is 5.56 Å². The van der Waals surface area contributed by atoms with Gasteiger partial charge in [-0.25, -0.2) is 9.48 Å². The lowest BCUT2D eigenvalue weighted by Gasteiger charge is -2.19. The Morgan fingerprint density at radius 2 is 1.73 bits per heavy atom. The number of anilines is 1. The Kier molecular flexibility index (Phi) is 6.90. The van der Waals surface area contributed by atoms with Crippen LogP contribution in [0.4, 0.5) is 5.69 Å². The van der Waals surface area contributed by atoms with Gasteiger partial charge in [-0.05, 0) is 46.5 Å². The van der Waals surface area contributed by atoms with E-state index in [-0.39, 0.29) is 0 Å². The average molecular weight is 407 g/mol. The van der Waals surface area contributed by atoms with E-state index in [1.165, 1.54) is 23.5 Å². The van der Waals surface area contributed by atoms with Gasteiger partial charge in [-0.1, -0.05) is 56.3 Å². The molecule has 0 fully saturated rings. The molecule has 2 atom stereocenters. The number of amides is 1. The van der Waals surface area contributed by atoms with Gasteiger partial charge in [-0.15, -0.1) is 5.10 Å². The summed E-state index contributed by atoms with van der Waals surface area (Å²) in [5.41, 5.74) is 2.75. The number of hydrogen-bond acceptors (Lipinski definition) is 6. The summed E-state index contributed by atoms with van der Waals surface area (Å²) in [6.45, 7) is 5.74. The van der Waals surface area contributed by atoms with Crippen molar-refractivity contribution in [1.82, 2.24) is 20.2 Å². The summed E-state index contributed by atoms with van der Waals surface area (Å²) in [6.07, 6.45) is 0.725. The molecule has 0 aliphatic rings. The second kappa shape index (κ2) is 9.78. The fraction of sp³-hybridized carbons (Fsp3) is 0.318. The summed E-state index contributed by atoms with van der Waals surface area (Å²) in [5, 5.41) is 13.8. The van der Waals surface area contributed by atoms with Crippen molar-refractivity contribution in [1.29, 1.82) is 0 Å². The summed E-state index contributed by atoms with van der Waals surface area (Å²) < 4.78 is 6.78. The first-order chi connectivity index (χ1) is 14.4. The molecule has 0 bridgehead atoms. The molecule has 2 aromatic carbocycles. The number of aromatic nitrogens is 4. The Hall–Kier alpha value is -3.55. The van der Waals surface area contributed by atoms with Crippen molar-refractivity contribution < 1.29 is 14.3 Å². The monoisotopic (exact) mass is 407 g/mol. The summed E-state index contributed by atoms with van der Waals surface area (Å²) in [6, 6.07) is 16.3. The van der Waals surface area contributed by atoms with Gasteiger partial charge in [0.25, 0.3) is 5.91 Å². The molecular formula is C22H25N5O3. The molecular weight excluding hydrogens is 382 g/mol. The molecule has 1 aromatic heterocycles. The van der Waals surface area contributed by atoms with Crippen molar-refractivity contribution in [3.63, 3.8) is 0 Å². The molecule has 1 heterocycles. The molecule has 3 rings (SSSR count). The minimum absolute atomic E-state index is 0.343. The second-order valence-electron chi connectivity index (χ2n) is 7.34. The molecule has 0 radical (unpaired) electrons. The van der Waals surface area contributed by atoms with Crippen LogP contribution >= 0.6 is 0 Å². The standard InChI is InChI=1S/C22H25N5O3/c1-15(2)18-9-11-19(12-10-18)24-21(28)16(3)30-22(29)20(27-14-23-25-26-27)13-17-7-5-4-6-8-17/h4-12,14-16,20H,13H2,1-3H3,(H,24,28)/t16-,20-/m1/s1. The van der Waals surface area contributed by atoms with Gasteiger partial charge in [-0.2, -0.15) is 0 Å². The Bertz CT molecular complexity index is 956. The first-order valence-corrected chi connectivity index (χ1v) is 9.81. The van der Waals surface area contributed by atoms with Crippen LogP contribution in [0.25, 0.3) is 0 Å². The topological polar surface area (TPSA) is 99.0 Å². The fourth-order valence-corrected chi connectivity index (χ4v) is 2.93. The quantitative estimate of drug-likeness (QED) is 0.576. The maximum Gasteiger partial charge on any atom is 0.332 e. The van der Waals surface area contributed by atoms with Gasteiger partial charge in [0.1, 0.15) is 6.33 Å². The molecule has 0 aliphatic carbocycles. The Morgan fingerprint density at radius 3 is 2.33 bits per heavy atom. The molecule has 0 spiro atoms. The van der Waals surface area contributed by atoms with E-state index >= 15 is 0 Å². The lowest BCUT2D eigenvalue weighted by atomic mass is 10.0. The van der Waals surface area contributed by atoms with Crippen LogP contribution in [-0.4, -0.2) is 38.2 Å². The molecule has 8 nitrogen and oxygen atoms in total. The second-order valence-corrected chi connectivity index (χ2v) is 7.34. The highest BCUT2D eigenvalue weighted by molar-refractivity contribution is 5.95. The molecule has 1 amide bonds. The molecule has 1 N–H and O–H groups in total. The first kappa shape index (κ1) is 21.2. The normalized spacial score (nSPS) is 12.9. The Balaban J connectivity index is 1.64. The smallest absolute Gasteiger partial charge is 0.332 e. The van der Waals surface area contributed by atoms with E-state index in [2.05, 4.69) is 34.7 Å². The van der Waals surface area contributed by atoms with E-state index in [9.17, 15) is 9.59 Å². The number of nitrogens with zero attached hydrogens (tertiary/aromatic N) is 4. The Morgan fingerprint density at radius 1 is 1.03 bits per heavy atom. The van der Waals surface area contributed by atoms with E-state index in [4.69, 9.17) is 4.74 Å². The highest BCUT2D eigenvalue weighted by Crippen LogP contribution is 2.19. The molecule has 30 heavy (non-hydrogen) atoms. The van der Waals surface area contributed by atoms with Crippen molar-refractivity contribution in [2.45, 2.75) is 45.3 Å². The average Bonchev–Trinajstić information content (AvgIpc) is 3.27. The van der Waals surface area contributed by atoms with Crippen LogP contribution in [0.15, 0.2) is 60.9 Å². The number of carbonyl (C=O) groups is 2. The predicted octanol–water partition coefficient (Wildman–Crippen LogP) is 3.15. The van der Waals surface area contributed by atoms with Gasteiger partial charge in [-0.3, -0.25) is 4.79 Å². The number of carbonyl (C=O) groups excluding carboxylic acids is 2. The van der Waals surface area contributed by atoms with E-state index in [1.807, 2.05) is 54.6 Å². The van der Waals surface area contributed by atoms with Crippen molar-refractivity contribution in [2.75, 3.05) is 5.32 Å². The SMILES string of the molecule is CC(C)c1ccc(NC(=O)[C@@H](C)OC(=O)[C@@H](Cc2ccccc2)n2cnnn2)cc1. The zero-order valence-electron chi connectivity index (χ0n) is 17.2. The van der Waals surface area contributed by atoms with Gasteiger partial charge in [0, 0.05) is 12.1 Å². The van der Waals surface area contributed by atoms with Crippen molar-refractivity contribution in [2.24, 2.45) is 0 Å². The molecule has 156 valence electrons. The zero-order valence-corrected chi connectivity index (χ0v) is 17.2. The molecule has 3 aromatic rings. The van der Waals surface area contributed by atoms with Gasteiger partial charge >= 0.3 is 5.97 Å². The third-order valence-electron chi connectivity index (χ3n) is 4.74. The van der Waals surface area contributed by atoms with Gasteiger partial charge in [0.15, 0.2) is 12.1 Å². The van der Waals surface area contributed by atoms with Crippen LogP contribution in [0.5, 0.6) is 0 Å². The lowest BCUT2D eigenvalue weighted by molar-refractivity contribution is -0.156. The third-order valence-corrected chi connectivity index (χ3v) is 4.74. The van der Waals surface area contributed by atoms with Crippen LogP contribution in [-0.2, 0) is 20.7 Å². The van der Waals surface area contributed by atoms with Crippen LogP contribution in [0.1, 0.15) is 43.9 Å². The van der Waals surface area contributed by atoms with Gasteiger partial charge in [0.2, 0.25) is 0 Å². The highest BCUT2D eigenvalue weighted by atomic mass is 16.5. The highest BCUT2D eigenvalue weighted by Gasteiger charge is 2.28. The summed E-state index contributed by atoms with van der Waals surface area (Å²) in [5.74, 6) is -0.581. The minimum Gasteiger partial charge on any atom is -0.451 e. The number of nitrogens with one attached hydrogen (secondary N) is 1. The van der Waals surface area contributed by atoms with Crippen LogP contribution in [0.3, 0.4) is 0 Å². The predicted molar refractivity (Wildman–Crippen MR) is 112 cm³/mol. The number of rotatable bonds is 8. The van der Waals surface area contributed by atoms with Crippen molar-refractivity contribution in [3.8, 4) is 0 Å². The fourth-order valence-electron chi connectivity index (χ4n) is 2.93. The number of hydrogen-bond donors (Lipinski definition) is 1. The number of benzene rings is 2. The minimum atomic E-state index is -0.975. The maximum absolute atomic E-state index is 12.8. The third kappa shape index (κ3) is 5.50. The van der Waals surface area contributed by atoms with E-state index < -0.39 is 24.0 Å². The van der Waals surface area contributed by atoms with Gasteiger partial charge in [0.05, 0.1) is 0 Å². The van der Waals surface area contributed by atoms with Crippen molar-refractivity contribution in [3.05, 3.63) is 72.1 Å². The molecule has 0 aliphatic heterocycles. The summed E-state index contributed by atoms with van der Waals surface area (Å²) in [7, 11) is 0. The largest absolute Gasteiger partial charge is 0.451 e. The maximum atomic E-state index is 12.8. The van der Waals surface area contributed by atoms with Crippen LogP contribution < -0.4 is 5.32 Å². The summed E-state index contributed by atoms with van der Waals surface area (Å²) in [4.78, 5) is 25.3. The van der Waals surface area contributed by atoms with E-state index in [0.29, 0.717) is 18.0 Å². The summed E-state index contributed by atoms with van der Waals surface area (Å²) >= 11 is 0. The lowest BCUT2D eigenvalue weighted by Crippen LogP contribution is -2.34. The van der Waals surface area contributed by atoms with Crippen molar-refractivity contribution >= 4 is 17.6 Å². The van der Waals surface area contributed by atoms with E-state index in [1.54, 1.807) is 0 Å². The molecule has 0 saturated carbocycles. The molecule has 0 unspecified atom stereocenters. The molecule has 0 saturated heterocycles. The first-order valence-electron chi connectivity index (χ1n) is 9.81.